The number of nitrogens with zero attached hydrogens (tertiary/aromatic N) is 3. The van der Waals surface area contributed by atoms with Crippen molar-refractivity contribution in [3.8, 4) is 0 Å². The van der Waals surface area contributed by atoms with E-state index in [9.17, 15) is 9.59 Å². The summed E-state index contributed by atoms with van der Waals surface area (Å²) in [6.07, 6.45) is 2.14. The Morgan fingerprint density at radius 1 is 1.45 bits per heavy atom. The highest BCUT2D eigenvalue weighted by Crippen LogP contribution is 2.21. The van der Waals surface area contributed by atoms with Crippen molar-refractivity contribution in [1.29, 1.82) is 0 Å². The van der Waals surface area contributed by atoms with Gasteiger partial charge in [-0.3, -0.25) is 14.2 Å². The molecule has 3 rings (SSSR count). The van der Waals surface area contributed by atoms with Crippen LogP contribution in [0.15, 0.2) is 16.5 Å². The van der Waals surface area contributed by atoms with Crippen molar-refractivity contribution in [3.05, 3.63) is 27.6 Å². The van der Waals surface area contributed by atoms with Crippen molar-refractivity contribution in [2.75, 3.05) is 13.1 Å². The summed E-state index contributed by atoms with van der Waals surface area (Å²) >= 11 is 1.45. The standard InChI is InChI=1S/C14H17N3O2S/c1-3-16-5-10(4-11(16)18)6-17-8-15-12-9(2)7-20-13(12)14(17)19/h7-8,10H,3-6H2,1-2H3/t10-/m0/s1. The maximum Gasteiger partial charge on any atom is 0.271 e. The molecule has 1 amide bonds. The molecule has 0 spiro atoms. The molecule has 106 valence electrons. The second-order valence-electron chi connectivity index (χ2n) is 5.30. The number of amides is 1. The third-order valence-electron chi connectivity index (χ3n) is 3.85. The van der Waals surface area contributed by atoms with Crippen LogP contribution in [0.1, 0.15) is 18.9 Å². The Morgan fingerprint density at radius 3 is 2.95 bits per heavy atom. The van der Waals surface area contributed by atoms with E-state index in [4.69, 9.17) is 0 Å². The number of rotatable bonds is 3. The molecule has 0 saturated carbocycles. The van der Waals surface area contributed by atoms with Crippen LogP contribution < -0.4 is 5.56 Å². The van der Waals surface area contributed by atoms with Crippen molar-refractivity contribution >= 4 is 27.5 Å². The van der Waals surface area contributed by atoms with E-state index < -0.39 is 0 Å². The number of hydrogen-bond acceptors (Lipinski definition) is 4. The van der Waals surface area contributed by atoms with E-state index in [0.717, 1.165) is 24.2 Å². The summed E-state index contributed by atoms with van der Waals surface area (Å²) in [5, 5.41) is 1.96. The number of carbonyl (C=O) groups is 1. The molecule has 0 bridgehead atoms. The minimum Gasteiger partial charge on any atom is -0.343 e. The van der Waals surface area contributed by atoms with E-state index in [1.807, 2.05) is 24.1 Å². The van der Waals surface area contributed by atoms with E-state index >= 15 is 0 Å². The molecule has 3 heterocycles. The zero-order valence-electron chi connectivity index (χ0n) is 11.6. The van der Waals surface area contributed by atoms with Crippen LogP contribution in [0.3, 0.4) is 0 Å². The lowest BCUT2D eigenvalue weighted by molar-refractivity contribution is -0.127. The molecule has 1 saturated heterocycles. The van der Waals surface area contributed by atoms with Crippen LogP contribution in [0.5, 0.6) is 0 Å². The molecule has 6 heteroatoms. The molecule has 1 aliphatic rings. The van der Waals surface area contributed by atoms with Crippen LogP contribution in [-0.2, 0) is 11.3 Å². The average molecular weight is 291 g/mol. The first-order chi connectivity index (χ1) is 9.60. The van der Waals surface area contributed by atoms with Gasteiger partial charge in [-0.2, -0.15) is 0 Å². The van der Waals surface area contributed by atoms with E-state index in [2.05, 4.69) is 4.98 Å². The van der Waals surface area contributed by atoms with Gasteiger partial charge in [0.05, 0.1) is 11.8 Å². The Balaban J connectivity index is 1.87. The fourth-order valence-electron chi connectivity index (χ4n) is 2.75. The molecule has 0 N–H and O–H groups in total. The number of hydrogen-bond donors (Lipinski definition) is 0. The van der Waals surface area contributed by atoms with Gasteiger partial charge in [-0.1, -0.05) is 0 Å². The maximum atomic E-state index is 12.4. The van der Waals surface area contributed by atoms with Gasteiger partial charge in [0.25, 0.3) is 5.56 Å². The quantitative estimate of drug-likeness (QED) is 0.864. The van der Waals surface area contributed by atoms with Crippen molar-refractivity contribution in [2.24, 2.45) is 5.92 Å². The van der Waals surface area contributed by atoms with Crippen LogP contribution in [-0.4, -0.2) is 33.4 Å². The number of aryl methyl sites for hydroxylation is 1. The molecule has 0 aliphatic carbocycles. The van der Waals surface area contributed by atoms with Gasteiger partial charge in [-0.05, 0) is 24.8 Å². The zero-order chi connectivity index (χ0) is 14.3. The molecule has 0 unspecified atom stereocenters. The molecule has 1 fully saturated rings. The van der Waals surface area contributed by atoms with Gasteiger partial charge in [-0.15, -0.1) is 11.3 Å². The van der Waals surface area contributed by atoms with Crippen molar-refractivity contribution in [1.82, 2.24) is 14.5 Å². The Kier molecular flexibility index (Phi) is 3.33. The van der Waals surface area contributed by atoms with E-state index in [0.29, 0.717) is 17.7 Å². The van der Waals surface area contributed by atoms with Gasteiger partial charge in [0.1, 0.15) is 4.70 Å². The summed E-state index contributed by atoms with van der Waals surface area (Å²) in [5.74, 6) is 0.395. The SMILES string of the molecule is CCN1C[C@@H](Cn2cnc3c(C)csc3c2=O)CC1=O. The monoisotopic (exact) mass is 291 g/mol. The Bertz CT molecular complexity index is 719. The highest BCUT2D eigenvalue weighted by atomic mass is 32.1. The first-order valence-corrected chi connectivity index (χ1v) is 7.69. The summed E-state index contributed by atoms with van der Waals surface area (Å²) in [7, 11) is 0. The Labute approximate surface area is 120 Å². The Morgan fingerprint density at radius 2 is 2.25 bits per heavy atom. The molecular weight excluding hydrogens is 274 g/mol. The summed E-state index contributed by atoms with van der Waals surface area (Å²) in [6.45, 7) is 5.99. The molecule has 1 aliphatic heterocycles. The van der Waals surface area contributed by atoms with Gasteiger partial charge < -0.3 is 4.90 Å². The molecule has 0 radical (unpaired) electrons. The molecule has 0 aromatic carbocycles. The number of thiophene rings is 1. The van der Waals surface area contributed by atoms with Crippen molar-refractivity contribution in [2.45, 2.75) is 26.8 Å². The minimum atomic E-state index is 0.00972. The second kappa shape index (κ2) is 5.01. The van der Waals surface area contributed by atoms with E-state index in [1.165, 1.54) is 11.3 Å². The molecule has 2 aromatic rings. The topological polar surface area (TPSA) is 55.2 Å². The first-order valence-electron chi connectivity index (χ1n) is 6.81. The lowest BCUT2D eigenvalue weighted by atomic mass is 10.1. The fourth-order valence-corrected chi connectivity index (χ4v) is 3.70. The normalized spacial score (nSPS) is 19.2. The summed E-state index contributed by atoms with van der Waals surface area (Å²) in [6, 6.07) is 0. The highest BCUT2D eigenvalue weighted by molar-refractivity contribution is 7.17. The number of fused-ring (bicyclic) bond motifs is 1. The minimum absolute atomic E-state index is 0.00972. The lowest BCUT2D eigenvalue weighted by Crippen LogP contribution is -2.27. The summed E-state index contributed by atoms with van der Waals surface area (Å²) < 4.78 is 2.36. The van der Waals surface area contributed by atoms with Gasteiger partial charge in [0, 0.05) is 32.0 Å². The number of carbonyl (C=O) groups excluding carboxylic acids is 1. The predicted octanol–water partition coefficient (Wildman–Crippen LogP) is 1.63. The maximum absolute atomic E-state index is 12.4. The molecule has 1 atom stereocenters. The smallest absolute Gasteiger partial charge is 0.271 e. The first kappa shape index (κ1) is 13.3. The molecule has 2 aromatic heterocycles. The van der Waals surface area contributed by atoms with Gasteiger partial charge in [0.2, 0.25) is 5.91 Å². The molecule has 5 nitrogen and oxygen atoms in total. The third-order valence-corrected chi connectivity index (χ3v) is 4.93. The molecule has 20 heavy (non-hydrogen) atoms. The van der Waals surface area contributed by atoms with Crippen molar-refractivity contribution in [3.63, 3.8) is 0 Å². The zero-order valence-corrected chi connectivity index (χ0v) is 12.4. The number of aromatic nitrogens is 2. The summed E-state index contributed by atoms with van der Waals surface area (Å²) in [5.41, 5.74) is 1.85. The third kappa shape index (κ3) is 2.14. The lowest BCUT2D eigenvalue weighted by Gasteiger charge is -2.14. The fraction of sp³-hybridized carbons (Fsp3) is 0.500. The highest BCUT2D eigenvalue weighted by Gasteiger charge is 2.28. The van der Waals surface area contributed by atoms with Crippen molar-refractivity contribution < 1.29 is 4.79 Å². The van der Waals surface area contributed by atoms with Crippen LogP contribution in [0.25, 0.3) is 10.2 Å². The largest absolute Gasteiger partial charge is 0.343 e. The van der Waals surface area contributed by atoms with Gasteiger partial charge >= 0.3 is 0 Å². The van der Waals surface area contributed by atoms with Crippen LogP contribution in [0, 0.1) is 12.8 Å². The van der Waals surface area contributed by atoms with E-state index in [1.54, 1.807) is 10.9 Å². The number of likely N-dealkylation sites (tertiary alicyclic amines) is 1. The molecular formula is C14H17N3O2S. The van der Waals surface area contributed by atoms with Crippen LogP contribution in [0.4, 0.5) is 0 Å². The van der Waals surface area contributed by atoms with Crippen LogP contribution in [0.2, 0.25) is 0 Å². The van der Waals surface area contributed by atoms with E-state index in [-0.39, 0.29) is 17.4 Å². The van der Waals surface area contributed by atoms with Gasteiger partial charge in [0.15, 0.2) is 0 Å². The second-order valence-corrected chi connectivity index (χ2v) is 6.18. The van der Waals surface area contributed by atoms with Gasteiger partial charge in [-0.25, -0.2) is 4.98 Å². The van der Waals surface area contributed by atoms with Crippen LogP contribution >= 0.6 is 11.3 Å². The Hall–Kier alpha value is -1.69. The summed E-state index contributed by atoms with van der Waals surface area (Å²) in [4.78, 5) is 30.3. The average Bonchev–Trinajstić information content (AvgIpc) is 2.97. The predicted molar refractivity (Wildman–Crippen MR) is 79.0 cm³/mol.